The number of aromatic nitrogens is 13. The van der Waals surface area contributed by atoms with E-state index in [1.165, 1.54) is 25.5 Å². The van der Waals surface area contributed by atoms with Crippen molar-refractivity contribution in [1.82, 2.24) is 64.1 Å². The van der Waals surface area contributed by atoms with E-state index in [-0.39, 0.29) is 68.5 Å². The van der Waals surface area contributed by atoms with Crippen molar-refractivity contribution in [1.29, 1.82) is 0 Å². The summed E-state index contributed by atoms with van der Waals surface area (Å²) in [6.07, 6.45) is -10.00. The molecule has 0 spiro atoms. The van der Waals surface area contributed by atoms with Gasteiger partial charge in [-0.3, -0.25) is 24.2 Å². The molecule has 73 heavy (non-hydrogen) atoms. The van der Waals surface area contributed by atoms with E-state index in [1.54, 1.807) is 49.4 Å². The maximum atomic E-state index is 13.5. The zero-order valence-corrected chi connectivity index (χ0v) is 37.7. The number of nitrogens with one attached hydrogen (secondary N) is 4. The SMILES string of the molecule is CC1(c2ccc(Cl)cc2)C(=O)Nc2nc(-c3cn4ncnc4c(CCC(F)(F)C(F)(F)F)n3)[nH]c(=O)c21.CC1(c2ccccn2)C(=O)Nc2nc(-c3cn4ncnc4c(CCC(F)(F)C(F)(F)F)n3)[nH]c(=O)c21. The van der Waals surface area contributed by atoms with E-state index in [9.17, 15) is 63.1 Å². The van der Waals surface area contributed by atoms with Gasteiger partial charge in [-0.1, -0.05) is 29.8 Å². The third kappa shape index (κ3) is 8.64. The summed E-state index contributed by atoms with van der Waals surface area (Å²) in [5.74, 6) is -11.4. The largest absolute Gasteiger partial charge is 0.453 e. The fourth-order valence-corrected chi connectivity index (χ4v) is 8.26. The van der Waals surface area contributed by atoms with Crippen LogP contribution in [-0.4, -0.2) is 100 Å². The number of pyridine rings is 1. The second kappa shape index (κ2) is 17.5. The molecule has 0 radical (unpaired) electrons. The van der Waals surface area contributed by atoms with Gasteiger partial charge < -0.3 is 20.6 Å². The van der Waals surface area contributed by atoms with Gasteiger partial charge in [-0.05, 0) is 56.5 Å². The third-order valence-electron chi connectivity index (χ3n) is 12.1. The van der Waals surface area contributed by atoms with Gasteiger partial charge >= 0.3 is 24.2 Å². The molecular formula is C43H30ClF10N15O4. The van der Waals surface area contributed by atoms with E-state index in [0.717, 1.165) is 21.7 Å². The first-order chi connectivity index (χ1) is 34.2. The quantitative estimate of drug-likeness (QED) is 0.106. The number of halogens is 11. The Morgan fingerprint density at radius 2 is 1.04 bits per heavy atom. The van der Waals surface area contributed by atoms with Crippen molar-refractivity contribution < 1.29 is 53.5 Å². The van der Waals surface area contributed by atoms with E-state index in [2.05, 4.69) is 65.7 Å². The van der Waals surface area contributed by atoms with E-state index < -0.39 is 83.6 Å². The van der Waals surface area contributed by atoms with Gasteiger partial charge in [-0.25, -0.2) is 38.9 Å². The molecule has 2 unspecified atom stereocenters. The van der Waals surface area contributed by atoms with Gasteiger partial charge in [0.15, 0.2) is 22.9 Å². The number of fused-ring (bicyclic) bond motifs is 4. The van der Waals surface area contributed by atoms with Gasteiger partial charge in [0.2, 0.25) is 11.8 Å². The summed E-state index contributed by atoms with van der Waals surface area (Å²) in [5, 5.41) is 13.3. The molecule has 9 heterocycles. The maximum absolute atomic E-state index is 13.5. The fourth-order valence-electron chi connectivity index (χ4n) is 8.13. The van der Waals surface area contributed by atoms with Crippen LogP contribution in [0.1, 0.15) is 60.5 Å². The summed E-state index contributed by atoms with van der Waals surface area (Å²) in [7, 11) is 0. The second-order valence-corrected chi connectivity index (χ2v) is 17.2. The summed E-state index contributed by atoms with van der Waals surface area (Å²) < 4.78 is 132. The lowest BCUT2D eigenvalue weighted by Gasteiger charge is -2.21. The molecule has 2 atom stereocenters. The summed E-state index contributed by atoms with van der Waals surface area (Å²) in [5.41, 5.74) is -3.99. The standard InChI is InChI=1S/C22H15ClF5N7O2.C21H15F5N8O2/c1-20(10-2-4-11(23)5-3-10)14-16(34-19(20)37)32-15(33-18(14)36)13-8-35-17(29-9-30-35)12(31-13)6-7-21(24,25)22(26,27)28;1-19(12-4-2-3-7-27-12)13-15(33-18(19)36)31-14(32-17(13)35)11-8-34-16(28-9-29-34)10(30-11)5-6-20(22,23)21(24,25)26/h2-5,8-9H,6-7H2,1H3,(H2,32,33,34,36,37);2-4,7-9H,5-6H2,1H3,(H2,31,32,33,35,36). The Morgan fingerprint density at radius 3 is 1.48 bits per heavy atom. The van der Waals surface area contributed by atoms with Crippen LogP contribution in [0.15, 0.2) is 83.3 Å². The molecule has 0 bridgehead atoms. The molecule has 2 amide bonds. The monoisotopic (exact) mass is 1050 g/mol. The maximum Gasteiger partial charge on any atom is 0.453 e. The minimum Gasteiger partial charge on any atom is -0.309 e. The van der Waals surface area contributed by atoms with Gasteiger partial charge in [0, 0.05) is 24.1 Å². The summed E-state index contributed by atoms with van der Waals surface area (Å²) in [6.45, 7) is 3.07. The molecule has 8 aromatic rings. The number of amides is 2. The predicted octanol–water partition coefficient (Wildman–Crippen LogP) is 6.57. The number of rotatable bonds is 10. The van der Waals surface area contributed by atoms with Crippen LogP contribution in [0.25, 0.3) is 34.3 Å². The highest BCUT2D eigenvalue weighted by molar-refractivity contribution is 6.30. The minimum atomic E-state index is -5.73. The summed E-state index contributed by atoms with van der Waals surface area (Å²) in [4.78, 5) is 85.9. The molecule has 0 fully saturated rings. The van der Waals surface area contributed by atoms with Crippen molar-refractivity contribution in [2.24, 2.45) is 0 Å². The second-order valence-electron chi connectivity index (χ2n) is 16.8. The number of anilines is 2. The number of alkyl halides is 10. The van der Waals surface area contributed by atoms with Gasteiger partial charge in [-0.15, -0.1) is 0 Å². The van der Waals surface area contributed by atoms with Crippen LogP contribution in [0.2, 0.25) is 5.02 Å². The lowest BCUT2D eigenvalue weighted by molar-refractivity contribution is -0.284. The van der Waals surface area contributed by atoms with Gasteiger partial charge in [0.1, 0.15) is 46.5 Å². The molecule has 7 aromatic heterocycles. The minimum absolute atomic E-state index is 0.0156. The lowest BCUT2D eigenvalue weighted by Crippen LogP contribution is -2.37. The Morgan fingerprint density at radius 1 is 0.589 bits per heavy atom. The normalized spacial score (nSPS) is 17.8. The molecule has 30 heteroatoms. The van der Waals surface area contributed by atoms with Gasteiger partial charge in [-0.2, -0.15) is 54.1 Å². The number of aryl methyl sites for hydroxylation is 2. The molecule has 0 saturated heterocycles. The Bertz CT molecular complexity index is 3620. The van der Waals surface area contributed by atoms with Crippen molar-refractivity contribution in [2.45, 2.75) is 74.6 Å². The van der Waals surface area contributed by atoms with Crippen LogP contribution >= 0.6 is 11.6 Å². The summed E-state index contributed by atoms with van der Waals surface area (Å²) in [6, 6.07) is 11.3. The number of hydrogen-bond donors (Lipinski definition) is 4. The topological polar surface area (TPSA) is 249 Å². The van der Waals surface area contributed by atoms with Gasteiger partial charge in [0.25, 0.3) is 11.1 Å². The number of H-pyrrole nitrogens is 2. The van der Waals surface area contributed by atoms with Crippen molar-refractivity contribution in [2.75, 3.05) is 10.6 Å². The van der Waals surface area contributed by atoms with Crippen molar-refractivity contribution in [3.05, 3.63) is 133 Å². The van der Waals surface area contributed by atoms with Crippen LogP contribution in [-0.2, 0) is 33.3 Å². The van der Waals surface area contributed by atoms with Crippen molar-refractivity contribution in [3.8, 4) is 23.0 Å². The summed E-state index contributed by atoms with van der Waals surface area (Å²) >= 11 is 5.94. The smallest absolute Gasteiger partial charge is 0.309 e. The number of carbonyl (C=O) groups excluding carboxylic acids is 2. The zero-order valence-electron chi connectivity index (χ0n) is 37.0. The molecule has 2 aliphatic heterocycles. The average Bonchev–Trinajstić information content (AvgIpc) is 4.12. The molecule has 10 rings (SSSR count). The van der Waals surface area contributed by atoms with E-state index >= 15 is 0 Å². The third-order valence-corrected chi connectivity index (χ3v) is 12.4. The fraction of sp³-hybridized carbons (Fsp3) is 0.279. The molecule has 4 N–H and O–H groups in total. The molecule has 1 aromatic carbocycles. The van der Waals surface area contributed by atoms with Crippen LogP contribution in [0.5, 0.6) is 0 Å². The van der Waals surface area contributed by atoms with Crippen LogP contribution < -0.4 is 21.8 Å². The Balaban J connectivity index is 0.000000180. The molecule has 2 aliphatic rings. The number of benzene rings is 1. The Labute approximate surface area is 404 Å². The highest BCUT2D eigenvalue weighted by Gasteiger charge is 2.58. The van der Waals surface area contributed by atoms with Crippen LogP contribution in [0.3, 0.4) is 0 Å². The zero-order chi connectivity index (χ0) is 52.6. The Hall–Kier alpha value is -8.24. The van der Waals surface area contributed by atoms with E-state index in [4.69, 9.17) is 11.6 Å². The van der Waals surface area contributed by atoms with Crippen LogP contribution in [0, 0.1) is 0 Å². The van der Waals surface area contributed by atoms with E-state index in [0.29, 0.717) is 16.3 Å². The molecule has 19 nitrogen and oxygen atoms in total. The first-order valence-electron chi connectivity index (χ1n) is 21.1. The van der Waals surface area contributed by atoms with Crippen LogP contribution in [0.4, 0.5) is 55.5 Å². The molecule has 0 aliphatic carbocycles. The molecule has 378 valence electrons. The van der Waals surface area contributed by atoms with Crippen molar-refractivity contribution >= 4 is 46.3 Å². The predicted molar refractivity (Wildman–Crippen MR) is 234 cm³/mol. The number of hydrogen-bond acceptors (Lipinski definition) is 13. The molecular weight excluding hydrogens is 1020 g/mol. The lowest BCUT2D eigenvalue weighted by atomic mass is 9.78. The molecule has 0 saturated carbocycles. The first-order valence-corrected chi connectivity index (χ1v) is 21.5. The number of nitrogens with zero attached hydrogens (tertiary/aromatic N) is 11. The van der Waals surface area contributed by atoms with E-state index in [1.807, 2.05) is 0 Å². The number of aromatic amines is 2. The highest BCUT2D eigenvalue weighted by atomic mass is 35.5. The Kier molecular flexibility index (Phi) is 11.9. The first kappa shape index (κ1) is 49.7. The van der Waals surface area contributed by atoms with Gasteiger partial charge in [0.05, 0.1) is 40.6 Å². The van der Waals surface area contributed by atoms with Crippen molar-refractivity contribution in [3.63, 3.8) is 0 Å². The average molecular weight is 1050 g/mol. The number of carbonyl (C=O) groups is 2. The highest BCUT2D eigenvalue weighted by Crippen LogP contribution is 2.43.